The molecule has 0 aliphatic heterocycles. The number of aromatic nitrogens is 1. The molecule has 6 nitrogen and oxygen atoms in total. The van der Waals surface area contributed by atoms with Crippen LogP contribution in [0.5, 0.6) is 11.6 Å². The van der Waals surface area contributed by atoms with Crippen molar-refractivity contribution in [3.63, 3.8) is 0 Å². The van der Waals surface area contributed by atoms with Crippen LogP contribution in [0.4, 0.5) is 11.5 Å². The van der Waals surface area contributed by atoms with E-state index in [9.17, 15) is 10.1 Å². The highest BCUT2D eigenvalue weighted by Gasteiger charge is 2.17. The van der Waals surface area contributed by atoms with Gasteiger partial charge in [0.15, 0.2) is 0 Å². The quantitative estimate of drug-likeness (QED) is 0.673. The van der Waals surface area contributed by atoms with Crippen LogP contribution in [0.1, 0.15) is 12.5 Å². The molecule has 0 spiro atoms. The molecule has 0 radical (unpaired) electrons. The molecule has 2 aromatic rings. The van der Waals surface area contributed by atoms with Crippen LogP contribution >= 0.6 is 0 Å². The van der Waals surface area contributed by atoms with Crippen molar-refractivity contribution in [1.29, 1.82) is 0 Å². The molecule has 0 saturated carbocycles. The van der Waals surface area contributed by atoms with E-state index in [1.165, 1.54) is 12.1 Å². The SMILES string of the molecule is CCc1ccc(Oc2nc(N)ccc2[N+](=O)[O-])cc1. The zero-order valence-electron chi connectivity index (χ0n) is 10.4. The molecule has 0 atom stereocenters. The zero-order valence-corrected chi connectivity index (χ0v) is 10.4. The number of nitrogen functional groups attached to an aromatic ring is 1. The summed E-state index contributed by atoms with van der Waals surface area (Å²) in [6, 6.07) is 9.92. The maximum Gasteiger partial charge on any atom is 0.331 e. The Morgan fingerprint density at radius 1 is 1.26 bits per heavy atom. The van der Waals surface area contributed by atoms with Crippen LogP contribution in [-0.4, -0.2) is 9.91 Å². The van der Waals surface area contributed by atoms with Gasteiger partial charge in [-0.3, -0.25) is 10.1 Å². The van der Waals surface area contributed by atoms with E-state index in [0.717, 1.165) is 12.0 Å². The summed E-state index contributed by atoms with van der Waals surface area (Å²) in [5.41, 5.74) is 6.45. The Hall–Kier alpha value is -2.63. The Morgan fingerprint density at radius 3 is 2.53 bits per heavy atom. The highest BCUT2D eigenvalue weighted by Crippen LogP contribution is 2.30. The summed E-state index contributed by atoms with van der Waals surface area (Å²) in [7, 11) is 0. The van der Waals surface area contributed by atoms with Crippen LogP contribution in [0.3, 0.4) is 0 Å². The number of ether oxygens (including phenoxy) is 1. The summed E-state index contributed by atoms with van der Waals surface area (Å²) < 4.78 is 5.42. The summed E-state index contributed by atoms with van der Waals surface area (Å²) in [5, 5.41) is 10.9. The molecule has 0 unspecified atom stereocenters. The van der Waals surface area contributed by atoms with Crippen LogP contribution in [0.15, 0.2) is 36.4 Å². The molecular formula is C13H13N3O3. The van der Waals surface area contributed by atoms with Gasteiger partial charge in [-0.2, -0.15) is 4.98 Å². The van der Waals surface area contributed by atoms with E-state index in [0.29, 0.717) is 5.75 Å². The number of hydrogen-bond acceptors (Lipinski definition) is 5. The van der Waals surface area contributed by atoms with Gasteiger partial charge in [0.25, 0.3) is 0 Å². The minimum Gasteiger partial charge on any atom is -0.434 e. The minimum absolute atomic E-state index is 0.103. The number of benzene rings is 1. The zero-order chi connectivity index (χ0) is 13.8. The maximum atomic E-state index is 10.9. The van der Waals surface area contributed by atoms with E-state index in [-0.39, 0.29) is 17.4 Å². The Kier molecular flexibility index (Phi) is 3.61. The minimum atomic E-state index is -0.553. The number of aryl methyl sites for hydroxylation is 1. The van der Waals surface area contributed by atoms with Gasteiger partial charge < -0.3 is 10.5 Å². The average molecular weight is 259 g/mol. The van der Waals surface area contributed by atoms with Crippen molar-refractivity contribution in [2.24, 2.45) is 0 Å². The third-order valence-corrected chi connectivity index (χ3v) is 2.60. The summed E-state index contributed by atoms with van der Waals surface area (Å²) in [6.07, 6.45) is 0.914. The molecule has 2 N–H and O–H groups in total. The second kappa shape index (κ2) is 5.34. The van der Waals surface area contributed by atoms with Crippen LogP contribution in [-0.2, 0) is 6.42 Å². The first-order valence-corrected chi connectivity index (χ1v) is 5.78. The van der Waals surface area contributed by atoms with Crippen LogP contribution < -0.4 is 10.5 Å². The van der Waals surface area contributed by atoms with Gasteiger partial charge in [0, 0.05) is 6.07 Å². The third kappa shape index (κ3) is 2.98. The number of pyridine rings is 1. The molecule has 0 amide bonds. The Morgan fingerprint density at radius 2 is 1.95 bits per heavy atom. The Balaban J connectivity index is 2.31. The molecule has 1 aromatic heterocycles. The molecule has 1 aromatic carbocycles. The molecule has 2 rings (SSSR count). The highest BCUT2D eigenvalue weighted by atomic mass is 16.6. The number of nitrogens with two attached hydrogens (primary N) is 1. The van der Waals surface area contributed by atoms with Gasteiger partial charge in [0.1, 0.15) is 11.6 Å². The van der Waals surface area contributed by atoms with Crippen LogP contribution in [0, 0.1) is 10.1 Å². The summed E-state index contributed by atoms with van der Waals surface area (Å²) >= 11 is 0. The van der Waals surface area contributed by atoms with Gasteiger partial charge in [0.05, 0.1) is 4.92 Å². The van der Waals surface area contributed by atoms with E-state index in [4.69, 9.17) is 10.5 Å². The molecule has 0 fully saturated rings. The topological polar surface area (TPSA) is 91.3 Å². The second-order valence-electron chi connectivity index (χ2n) is 3.92. The largest absolute Gasteiger partial charge is 0.434 e. The average Bonchev–Trinajstić information content (AvgIpc) is 2.39. The van der Waals surface area contributed by atoms with Gasteiger partial charge in [-0.15, -0.1) is 0 Å². The van der Waals surface area contributed by atoms with Crippen molar-refractivity contribution in [2.75, 3.05) is 5.73 Å². The lowest BCUT2D eigenvalue weighted by Gasteiger charge is -2.06. The number of rotatable bonds is 4. The number of nitrogens with zero attached hydrogens (tertiary/aromatic N) is 2. The predicted molar refractivity (Wildman–Crippen MR) is 71.2 cm³/mol. The first-order chi connectivity index (χ1) is 9.10. The Labute approximate surface area is 110 Å². The lowest BCUT2D eigenvalue weighted by molar-refractivity contribution is -0.386. The molecule has 0 bridgehead atoms. The van der Waals surface area contributed by atoms with Crippen LogP contribution in [0.2, 0.25) is 0 Å². The van der Waals surface area contributed by atoms with E-state index in [1.54, 1.807) is 12.1 Å². The highest BCUT2D eigenvalue weighted by molar-refractivity contribution is 5.48. The molecule has 0 saturated heterocycles. The third-order valence-electron chi connectivity index (χ3n) is 2.60. The fourth-order valence-electron chi connectivity index (χ4n) is 1.57. The van der Waals surface area contributed by atoms with E-state index in [1.807, 2.05) is 19.1 Å². The van der Waals surface area contributed by atoms with E-state index in [2.05, 4.69) is 4.98 Å². The van der Waals surface area contributed by atoms with Gasteiger partial charge in [-0.25, -0.2) is 0 Å². The molecule has 98 valence electrons. The van der Waals surface area contributed by atoms with Gasteiger partial charge in [0.2, 0.25) is 0 Å². The smallest absolute Gasteiger partial charge is 0.331 e. The normalized spacial score (nSPS) is 10.2. The van der Waals surface area contributed by atoms with Crippen molar-refractivity contribution in [1.82, 2.24) is 4.98 Å². The van der Waals surface area contributed by atoms with Gasteiger partial charge in [-0.1, -0.05) is 19.1 Å². The van der Waals surface area contributed by atoms with Crippen molar-refractivity contribution < 1.29 is 9.66 Å². The molecule has 0 aliphatic carbocycles. The lowest BCUT2D eigenvalue weighted by atomic mass is 10.2. The summed E-state index contributed by atoms with van der Waals surface area (Å²) in [4.78, 5) is 14.2. The van der Waals surface area contributed by atoms with Crippen molar-refractivity contribution >= 4 is 11.5 Å². The van der Waals surface area contributed by atoms with E-state index >= 15 is 0 Å². The molecule has 6 heteroatoms. The number of anilines is 1. The van der Waals surface area contributed by atoms with Gasteiger partial charge >= 0.3 is 11.6 Å². The molecule has 19 heavy (non-hydrogen) atoms. The van der Waals surface area contributed by atoms with Crippen molar-refractivity contribution in [2.45, 2.75) is 13.3 Å². The fraction of sp³-hybridized carbons (Fsp3) is 0.154. The van der Waals surface area contributed by atoms with E-state index < -0.39 is 4.92 Å². The van der Waals surface area contributed by atoms with Crippen molar-refractivity contribution in [3.8, 4) is 11.6 Å². The molecule has 1 heterocycles. The lowest BCUT2D eigenvalue weighted by Crippen LogP contribution is -1.99. The van der Waals surface area contributed by atoms with Gasteiger partial charge in [-0.05, 0) is 30.2 Å². The molecule has 0 aliphatic rings. The first-order valence-electron chi connectivity index (χ1n) is 5.78. The standard InChI is InChI=1S/C13H13N3O3/c1-2-9-3-5-10(6-4-9)19-13-11(16(17)18)7-8-12(14)15-13/h3-8H,2H2,1H3,(H2,14,15). The summed E-state index contributed by atoms with van der Waals surface area (Å²) in [5.74, 6) is 0.554. The van der Waals surface area contributed by atoms with Crippen molar-refractivity contribution in [3.05, 3.63) is 52.1 Å². The monoisotopic (exact) mass is 259 g/mol. The Bertz CT molecular complexity index is 597. The first kappa shape index (κ1) is 12.8. The summed E-state index contributed by atoms with van der Waals surface area (Å²) in [6.45, 7) is 2.04. The fourth-order valence-corrected chi connectivity index (χ4v) is 1.57. The second-order valence-corrected chi connectivity index (χ2v) is 3.92. The number of nitro groups is 1. The predicted octanol–water partition coefficient (Wildman–Crippen LogP) is 2.93. The maximum absolute atomic E-state index is 10.9. The number of hydrogen-bond donors (Lipinski definition) is 1. The molecular weight excluding hydrogens is 246 g/mol. The van der Waals surface area contributed by atoms with Crippen LogP contribution in [0.25, 0.3) is 0 Å².